The minimum absolute atomic E-state index is 0.0749. The third-order valence-corrected chi connectivity index (χ3v) is 5.98. The molecule has 0 aromatic heterocycles. The van der Waals surface area contributed by atoms with Crippen LogP contribution in [0.5, 0.6) is 0 Å². The summed E-state index contributed by atoms with van der Waals surface area (Å²) in [5.41, 5.74) is 0. The maximum absolute atomic E-state index is 12.3. The van der Waals surface area contributed by atoms with Crippen LogP contribution in [0.25, 0.3) is 0 Å². The van der Waals surface area contributed by atoms with Gasteiger partial charge in [0.2, 0.25) is 15.9 Å². The Hall–Kier alpha value is -0.700. The average Bonchev–Trinajstić information content (AvgIpc) is 2.98. The first-order valence-corrected chi connectivity index (χ1v) is 9.18. The van der Waals surface area contributed by atoms with Crippen LogP contribution in [0.3, 0.4) is 0 Å². The zero-order valence-corrected chi connectivity index (χ0v) is 13.3. The van der Waals surface area contributed by atoms with Crippen LogP contribution in [0, 0.1) is 5.92 Å². The predicted octanol–water partition coefficient (Wildman–Crippen LogP) is -0.847. The fourth-order valence-corrected chi connectivity index (χ4v) is 4.35. The highest BCUT2D eigenvalue weighted by Crippen LogP contribution is 2.12. The van der Waals surface area contributed by atoms with E-state index in [4.69, 9.17) is 4.74 Å². The molecule has 0 aromatic carbocycles. The number of piperazine rings is 1. The van der Waals surface area contributed by atoms with Crippen molar-refractivity contribution in [2.24, 2.45) is 5.92 Å². The Bertz CT molecular complexity index is 442. The lowest BCUT2D eigenvalue weighted by Gasteiger charge is -2.27. The second-order valence-electron chi connectivity index (χ2n) is 5.71. The average molecular weight is 319 g/mol. The number of amides is 1. The molecule has 2 aliphatic rings. The molecule has 0 aliphatic carbocycles. The van der Waals surface area contributed by atoms with Gasteiger partial charge in [-0.15, -0.1) is 0 Å². The molecule has 21 heavy (non-hydrogen) atoms. The number of hydrogen-bond donors (Lipinski definition) is 2. The van der Waals surface area contributed by atoms with E-state index in [1.165, 1.54) is 4.31 Å². The molecule has 2 aliphatic heterocycles. The third kappa shape index (κ3) is 4.91. The van der Waals surface area contributed by atoms with Crippen molar-refractivity contribution in [2.45, 2.75) is 25.9 Å². The molecule has 2 N–H and O–H groups in total. The molecule has 0 saturated carbocycles. The lowest BCUT2D eigenvalue weighted by Crippen LogP contribution is -2.48. The van der Waals surface area contributed by atoms with Gasteiger partial charge in [0.15, 0.2) is 0 Å². The Morgan fingerprint density at radius 3 is 2.76 bits per heavy atom. The summed E-state index contributed by atoms with van der Waals surface area (Å²) in [6.07, 6.45) is 2.05. The molecule has 122 valence electrons. The Morgan fingerprint density at radius 1 is 1.43 bits per heavy atom. The molecular formula is C13H25N3O4S. The van der Waals surface area contributed by atoms with E-state index in [0.29, 0.717) is 32.7 Å². The van der Waals surface area contributed by atoms with Crippen LogP contribution < -0.4 is 10.6 Å². The predicted molar refractivity (Wildman–Crippen MR) is 79.4 cm³/mol. The summed E-state index contributed by atoms with van der Waals surface area (Å²) in [6.45, 7) is 5.16. The molecule has 0 radical (unpaired) electrons. The highest BCUT2D eigenvalue weighted by Gasteiger charge is 2.28. The monoisotopic (exact) mass is 319 g/mol. The molecule has 8 heteroatoms. The van der Waals surface area contributed by atoms with Gasteiger partial charge in [0, 0.05) is 39.3 Å². The van der Waals surface area contributed by atoms with Crippen LogP contribution in [0.2, 0.25) is 0 Å². The normalized spacial score (nSPS) is 25.7. The second kappa shape index (κ2) is 7.53. The van der Waals surface area contributed by atoms with Gasteiger partial charge >= 0.3 is 0 Å². The van der Waals surface area contributed by atoms with E-state index in [9.17, 15) is 13.2 Å². The van der Waals surface area contributed by atoms with E-state index < -0.39 is 15.9 Å². The first kappa shape index (κ1) is 16.7. The number of nitrogens with one attached hydrogen (secondary N) is 2. The Balaban J connectivity index is 1.78. The first-order valence-electron chi connectivity index (χ1n) is 7.57. The maximum Gasteiger partial charge on any atom is 0.224 e. The zero-order chi connectivity index (χ0) is 15.3. The van der Waals surface area contributed by atoms with Gasteiger partial charge in [-0.3, -0.25) is 4.79 Å². The number of ether oxygens (including phenoxy) is 1. The van der Waals surface area contributed by atoms with Gasteiger partial charge in [-0.2, -0.15) is 4.31 Å². The summed E-state index contributed by atoms with van der Waals surface area (Å²) < 4.78 is 31.4. The molecule has 0 bridgehead atoms. The van der Waals surface area contributed by atoms with Crippen LogP contribution >= 0.6 is 0 Å². The van der Waals surface area contributed by atoms with Crippen molar-refractivity contribution in [3.63, 3.8) is 0 Å². The zero-order valence-electron chi connectivity index (χ0n) is 12.5. The number of hydrogen-bond acceptors (Lipinski definition) is 5. The molecule has 2 atom stereocenters. The number of rotatable bonds is 6. The largest absolute Gasteiger partial charge is 0.376 e. The molecule has 2 unspecified atom stereocenters. The fourth-order valence-electron chi connectivity index (χ4n) is 2.61. The van der Waals surface area contributed by atoms with Crippen molar-refractivity contribution in [2.75, 3.05) is 45.1 Å². The van der Waals surface area contributed by atoms with E-state index in [-0.39, 0.29) is 17.8 Å². The highest BCUT2D eigenvalue weighted by atomic mass is 32.2. The molecule has 2 heterocycles. The smallest absolute Gasteiger partial charge is 0.224 e. The highest BCUT2D eigenvalue weighted by molar-refractivity contribution is 7.89. The lowest BCUT2D eigenvalue weighted by molar-refractivity contribution is -0.124. The minimum atomic E-state index is -3.36. The first-order chi connectivity index (χ1) is 9.99. The summed E-state index contributed by atoms with van der Waals surface area (Å²) in [6, 6.07) is 0. The molecular weight excluding hydrogens is 294 g/mol. The van der Waals surface area contributed by atoms with Crippen molar-refractivity contribution in [3.8, 4) is 0 Å². The SMILES string of the molecule is CC(CS(=O)(=O)N1CCNCC1)C(=O)NCC1CCCO1. The van der Waals surface area contributed by atoms with Gasteiger partial charge < -0.3 is 15.4 Å². The van der Waals surface area contributed by atoms with Crippen molar-refractivity contribution < 1.29 is 17.9 Å². The van der Waals surface area contributed by atoms with Gasteiger partial charge in [-0.05, 0) is 12.8 Å². The van der Waals surface area contributed by atoms with Gasteiger partial charge in [-0.25, -0.2) is 8.42 Å². The van der Waals surface area contributed by atoms with Crippen LogP contribution in [0.4, 0.5) is 0 Å². The van der Waals surface area contributed by atoms with Gasteiger partial charge in [0.05, 0.1) is 17.8 Å². The van der Waals surface area contributed by atoms with Crippen LogP contribution in [0.1, 0.15) is 19.8 Å². The van der Waals surface area contributed by atoms with Crippen LogP contribution in [0.15, 0.2) is 0 Å². The van der Waals surface area contributed by atoms with E-state index in [1.807, 2.05) is 0 Å². The van der Waals surface area contributed by atoms with Crippen LogP contribution in [-0.4, -0.2) is 69.8 Å². The second-order valence-corrected chi connectivity index (χ2v) is 7.72. The summed E-state index contributed by atoms with van der Waals surface area (Å²) in [7, 11) is -3.36. The number of nitrogens with zero attached hydrogens (tertiary/aromatic N) is 1. The van der Waals surface area contributed by atoms with E-state index in [0.717, 1.165) is 19.4 Å². The molecule has 1 amide bonds. The van der Waals surface area contributed by atoms with Gasteiger partial charge in [0.25, 0.3) is 0 Å². The Labute approximate surface area is 126 Å². The Morgan fingerprint density at radius 2 is 2.14 bits per heavy atom. The van der Waals surface area contributed by atoms with Gasteiger partial charge in [-0.1, -0.05) is 6.92 Å². The van der Waals surface area contributed by atoms with Gasteiger partial charge in [0.1, 0.15) is 0 Å². The van der Waals surface area contributed by atoms with E-state index in [2.05, 4.69) is 10.6 Å². The topological polar surface area (TPSA) is 87.7 Å². The third-order valence-electron chi connectivity index (χ3n) is 3.91. The molecule has 2 rings (SSSR count). The molecule has 0 spiro atoms. The molecule has 7 nitrogen and oxygen atoms in total. The number of carbonyl (C=O) groups excluding carboxylic acids is 1. The molecule has 0 aromatic rings. The summed E-state index contributed by atoms with van der Waals surface area (Å²) >= 11 is 0. The minimum Gasteiger partial charge on any atom is -0.376 e. The molecule has 2 saturated heterocycles. The summed E-state index contributed by atoms with van der Waals surface area (Å²) in [5.74, 6) is -0.903. The number of carbonyl (C=O) groups is 1. The van der Waals surface area contributed by atoms with Crippen molar-refractivity contribution in [1.29, 1.82) is 0 Å². The maximum atomic E-state index is 12.3. The standard InChI is InChI=1S/C13H25N3O4S/c1-11(13(17)15-9-12-3-2-8-20-12)10-21(18,19)16-6-4-14-5-7-16/h11-12,14H,2-10H2,1H3,(H,15,17). The van der Waals surface area contributed by atoms with Crippen molar-refractivity contribution >= 4 is 15.9 Å². The quantitative estimate of drug-likeness (QED) is 0.666. The van der Waals surface area contributed by atoms with E-state index >= 15 is 0 Å². The lowest BCUT2D eigenvalue weighted by atomic mass is 10.2. The van der Waals surface area contributed by atoms with Crippen molar-refractivity contribution in [3.05, 3.63) is 0 Å². The molecule has 2 fully saturated rings. The van der Waals surface area contributed by atoms with E-state index in [1.54, 1.807) is 6.92 Å². The van der Waals surface area contributed by atoms with Crippen molar-refractivity contribution in [1.82, 2.24) is 14.9 Å². The number of sulfonamides is 1. The summed E-state index contributed by atoms with van der Waals surface area (Å²) in [5, 5.41) is 5.91. The Kier molecular flexibility index (Phi) is 5.98. The summed E-state index contributed by atoms with van der Waals surface area (Å²) in [4.78, 5) is 12.0. The van der Waals surface area contributed by atoms with Crippen LogP contribution in [-0.2, 0) is 19.6 Å². The fraction of sp³-hybridized carbons (Fsp3) is 0.923.